The van der Waals surface area contributed by atoms with E-state index < -0.39 is 0 Å². The van der Waals surface area contributed by atoms with E-state index in [1.54, 1.807) is 24.3 Å². The van der Waals surface area contributed by atoms with E-state index >= 15 is 0 Å². The van der Waals surface area contributed by atoms with Gasteiger partial charge in [0.15, 0.2) is 0 Å². The highest BCUT2D eigenvalue weighted by Crippen LogP contribution is 2.26. The Morgan fingerprint density at radius 3 is 2.12 bits per heavy atom. The van der Waals surface area contributed by atoms with Crippen molar-refractivity contribution in [2.75, 3.05) is 6.54 Å². The molecule has 3 rings (SSSR count). The minimum atomic E-state index is -0.352. The molecule has 1 saturated heterocycles. The van der Waals surface area contributed by atoms with Crippen LogP contribution in [0, 0.1) is 0 Å². The zero-order valence-corrected chi connectivity index (χ0v) is 8.97. The van der Waals surface area contributed by atoms with Crippen molar-refractivity contribution >= 4 is 17.7 Å². The maximum absolute atomic E-state index is 12.1. The fraction of sp³-hybridized carbons (Fsp3) is 0.250. The maximum Gasteiger partial charge on any atom is 0.261 e. The number of rotatable bonds is 1. The van der Waals surface area contributed by atoms with Crippen LogP contribution in [-0.2, 0) is 4.79 Å². The predicted molar refractivity (Wildman–Crippen MR) is 58.4 cm³/mol. The summed E-state index contributed by atoms with van der Waals surface area (Å²) in [6, 6.07) is 6.38. The van der Waals surface area contributed by atoms with E-state index in [4.69, 9.17) is 0 Å². The zero-order valence-electron chi connectivity index (χ0n) is 8.97. The van der Waals surface area contributed by atoms with Crippen molar-refractivity contribution in [3.05, 3.63) is 35.4 Å². The van der Waals surface area contributed by atoms with Gasteiger partial charge in [-0.05, 0) is 12.1 Å². The van der Waals surface area contributed by atoms with E-state index in [1.165, 1.54) is 4.90 Å². The average Bonchev–Trinajstić information content (AvgIpc) is 2.84. The first-order chi connectivity index (χ1) is 8.18. The molecule has 0 saturated carbocycles. The molecule has 0 aromatic heterocycles. The van der Waals surface area contributed by atoms with Crippen LogP contribution in [0.4, 0.5) is 0 Å². The van der Waals surface area contributed by atoms with Gasteiger partial charge in [0.2, 0.25) is 5.91 Å². The van der Waals surface area contributed by atoms with Crippen LogP contribution in [0.15, 0.2) is 24.3 Å². The first kappa shape index (κ1) is 10.0. The molecule has 1 fully saturated rings. The summed E-state index contributed by atoms with van der Waals surface area (Å²) in [5.74, 6) is -0.717. The minimum Gasteiger partial charge on any atom is -0.354 e. The van der Waals surface area contributed by atoms with Gasteiger partial charge < -0.3 is 5.32 Å². The molecule has 1 aromatic rings. The van der Waals surface area contributed by atoms with Gasteiger partial charge in [-0.1, -0.05) is 12.1 Å². The number of benzene rings is 1. The van der Waals surface area contributed by atoms with Gasteiger partial charge in [0.1, 0.15) is 0 Å². The second-order valence-corrected chi connectivity index (χ2v) is 4.19. The Morgan fingerprint density at radius 1 is 1.06 bits per heavy atom. The highest BCUT2D eigenvalue weighted by atomic mass is 16.2. The predicted octanol–water partition coefficient (Wildman–Crippen LogP) is 0.171. The van der Waals surface area contributed by atoms with Gasteiger partial charge in [-0.2, -0.15) is 0 Å². The summed E-state index contributed by atoms with van der Waals surface area (Å²) >= 11 is 0. The SMILES string of the molecule is O=C1CC(N2C(=O)c3ccccc3C2=O)CN1. The molecule has 17 heavy (non-hydrogen) atoms. The molecule has 2 aliphatic rings. The summed E-state index contributed by atoms with van der Waals surface area (Å²) in [4.78, 5) is 36.5. The quantitative estimate of drug-likeness (QED) is 0.699. The fourth-order valence-electron chi connectivity index (χ4n) is 2.31. The lowest BCUT2D eigenvalue weighted by atomic mass is 10.1. The highest BCUT2D eigenvalue weighted by molar-refractivity contribution is 6.21. The van der Waals surface area contributed by atoms with Crippen molar-refractivity contribution in [2.45, 2.75) is 12.5 Å². The van der Waals surface area contributed by atoms with Crippen LogP contribution >= 0.6 is 0 Å². The largest absolute Gasteiger partial charge is 0.354 e. The Bertz CT molecular complexity index is 503. The number of amides is 3. The first-order valence-electron chi connectivity index (χ1n) is 5.42. The summed E-state index contributed by atoms with van der Waals surface area (Å²) < 4.78 is 0. The van der Waals surface area contributed by atoms with Gasteiger partial charge in [0, 0.05) is 13.0 Å². The Balaban J connectivity index is 1.98. The van der Waals surface area contributed by atoms with Crippen molar-refractivity contribution in [1.29, 1.82) is 0 Å². The lowest BCUT2D eigenvalue weighted by molar-refractivity contribution is -0.119. The molecule has 0 spiro atoms. The molecule has 0 bridgehead atoms. The molecule has 1 aromatic carbocycles. The molecular weight excluding hydrogens is 220 g/mol. The van der Waals surface area contributed by atoms with Crippen molar-refractivity contribution in [1.82, 2.24) is 10.2 Å². The maximum atomic E-state index is 12.1. The van der Waals surface area contributed by atoms with Crippen molar-refractivity contribution < 1.29 is 14.4 Å². The molecule has 3 amide bonds. The first-order valence-corrected chi connectivity index (χ1v) is 5.42. The van der Waals surface area contributed by atoms with Crippen LogP contribution < -0.4 is 5.32 Å². The van der Waals surface area contributed by atoms with Crippen LogP contribution in [0.5, 0.6) is 0 Å². The van der Waals surface area contributed by atoms with Gasteiger partial charge in [-0.15, -0.1) is 0 Å². The number of hydrogen-bond donors (Lipinski definition) is 1. The average molecular weight is 230 g/mol. The molecule has 2 aliphatic heterocycles. The number of carbonyl (C=O) groups is 3. The molecule has 86 valence electrons. The van der Waals surface area contributed by atoms with Gasteiger partial charge in [-0.3, -0.25) is 19.3 Å². The summed E-state index contributed by atoms with van der Waals surface area (Å²) in [5, 5.41) is 2.63. The number of imide groups is 1. The third kappa shape index (κ3) is 1.35. The van der Waals surface area contributed by atoms with Crippen molar-refractivity contribution in [2.24, 2.45) is 0 Å². The van der Waals surface area contributed by atoms with E-state index in [9.17, 15) is 14.4 Å². The van der Waals surface area contributed by atoms with Crippen LogP contribution in [0.2, 0.25) is 0 Å². The number of fused-ring (bicyclic) bond motifs is 1. The minimum absolute atomic E-state index is 0.119. The number of nitrogens with zero attached hydrogens (tertiary/aromatic N) is 1. The van der Waals surface area contributed by atoms with Crippen LogP contribution in [-0.4, -0.2) is 35.2 Å². The molecule has 0 aliphatic carbocycles. The van der Waals surface area contributed by atoms with E-state index in [1.807, 2.05) is 0 Å². The number of nitrogens with one attached hydrogen (secondary N) is 1. The topological polar surface area (TPSA) is 66.5 Å². The van der Waals surface area contributed by atoms with Gasteiger partial charge in [-0.25, -0.2) is 0 Å². The molecule has 5 nitrogen and oxygen atoms in total. The molecule has 1 N–H and O–H groups in total. The van der Waals surface area contributed by atoms with Gasteiger partial charge >= 0.3 is 0 Å². The van der Waals surface area contributed by atoms with Gasteiger partial charge in [0.05, 0.1) is 17.2 Å². The van der Waals surface area contributed by atoms with Crippen molar-refractivity contribution in [3.63, 3.8) is 0 Å². The molecule has 0 radical (unpaired) electrons. The van der Waals surface area contributed by atoms with Crippen LogP contribution in [0.3, 0.4) is 0 Å². The summed E-state index contributed by atoms with van der Waals surface area (Å²) in [7, 11) is 0. The Hall–Kier alpha value is -2.17. The lowest BCUT2D eigenvalue weighted by Gasteiger charge is -2.19. The monoisotopic (exact) mass is 230 g/mol. The second kappa shape index (κ2) is 3.41. The Kier molecular flexibility index (Phi) is 2.01. The Labute approximate surface area is 97.4 Å². The second-order valence-electron chi connectivity index (χ2n) is 4.19. The van der Waals surface area contributed by atoms with E-state index in [-0.39, 0.29) is 30.2 Å². The smallest absolute Gasteiger partial charge is 0.261 e. The zero-order chi connectivity index (χ0) is 12.0. The van der Waals surface area contributed by atoms with E-state index in [0.717, 1.165) is 0 Å². The molecule has 1 unspecified atom stereocenters. The normalized spacial score (nSPS) is 22.9. The van der Waals surface area contributed by atoms with E-state index in [2.05, 4.69) is 5.32 Å². The standard InChI is InChI=1S/C12H10N2O3/c15-10-5-7(6-13-10)14-11(16)8-3-1-2-4-9(8)12(14)17/h1-4,7H,5-6H2,(H,13,15). The summed E-state index contributed by atoms with van der Waals surface area (Å²) in [5.41, 5.74) is 0.855. The number of carbonyl (C=O) groups excluding carboxylic acids is 3. The van der Waals surface area contributed by atoms with E-state index in [0.29, 0.717) is 17.7 Å². The lowest BCUT2D eigenvalue weighted by Crippen LogP contribution is -2.41. The molecule has 5 heteroatoms. The molecule has 2 heterocycles. The van der Waals surface area contributed by atoms with Gasteiger partial charge in [0.25, 0.3) is 11.8 Å². The highest BCUT2D eigenvalue weighted by Gasteiger charge is 2.42. The summed E-state index contributed by atoms with van der Waals surface area (Å²) in [6.45, 7) is 0.351. The van der Waals surface area contributed by atoms with Crippen LogP contribution in [0.25, 0.3) is 0 Å². The van der Waals surface area contributed by atoms with Crippen molar-refractivity contribution in [3.8, 4) is 0 Å². The molecular formula is C12H10N2O3. The fourth-order valence-corrected chi connectivity index (χ4v) is 2.31. The third-order valence-electron chi connectivity index (χ3n) is 3.15. The third-order valence-corrected chi connectivity index (χ3v) is 3.15. The molecule has 1 atom stereocenters. The van der Waals surface area contributed by atoms with Crippen LogP contribution in [0.1, 0.15) is 27.1 Å². The number of hydrogen-bond acceptors (Lipinski definition) is 3. The Morgan fingerprint density at radius 2 is 1.65 bits per heavy atom. The summed E-state index contributed by atoms with van der Waals surface area (Å²) in [6.07, 6.45) is 0.200.